The van der Waals surface area contributed by atoms with Crippen LogP contribution in [0, 0.1) is 0 Å². The van der Waals surface area contributed by atoms with Crippen LogP contribution in [-0.2, 0) is 12.6 Å². The van der Waals surface area contributed by atoms with Gasteiger partial charge >= 0.3 is 6.18 Å². The van der Waals surface area contributed by atoms with E-state index in [0.29, 0.717) is 20.8 Å². The van der Waals surface area contributed by atoms with Crippen LogP contribution in [0.2, 0.25) is 10.0 Å². The molecule has 0 aliphatic rings. The molecule has 12 heteroatoms. The largest absolute Gasteiger partial charge is 0.433 e. The van der Waals surface area contributed by atoms with Crippen LogP contribution in [0.4, 0.5) is 13.2 Å². The molecule has 6 nitrogen and oxygen atoms in total. The topological polar surface area (TPSA) is 75.1 Å². The van der Waals surface area contributed by atoms with Crippen LogP contribution in [0.25, 0.3) is 27.1 Å². The number of carbonyl (C=O) groups is 1. The Balaban J connectivity index is 1.43. The molecular weight excluding hydrogens is 510 g/mol. The van der Waals surface area contributed by atoms with E-state index < -0.39 is 17.8 Å². The van der Waals surface area contributed by atoms with Gasteiger partial charge in [0.1, 0.15) is 5.02 Å². The van der Waals surface area contributed by atoms with E-state index in [1.54, 1.807) is 23.6 Å². The third-order valence-corrected chi connectivity index (χ3v) is 6.70. The van der Waals surface area contributed by atoms with Crippen molar-refractivity contribution in [3.63, 3.8) is 0 Å². The average molecular weight is 524 g/mol. The molecular formula is C22H14Cl2F3N5OS. The molecule has 5 rings (SSSR count). The monoisotopic (exact) mass is 523 g/mol. The maximum absolute atomic E-state index is 13.8. The van der Waals surface area contributed by atoms with Crippen molar-refractivity contribution in [3.05, 3.63) is 75.0 Å². The lowest BCUT2D eigenvalue weighted by molar-refractivity contribution is -0.142. The summed E-state index contributed by atoms with van der Waals surface area (Å²) in [6, 6.07) is 9.69. The molecule has 0 fully saturated rings. The molecule has 34 heavy (non-hydrogen) atoms. The number of aromatic amines is 1. The number of rotatable bonds is 5. The molecule has 0 saturated carbocycles. The Labute approximate surface area is 204 Å². The van der Waals surface area contributed by atoms with E-state index in [2.05, 4.69) is 20.4 Å². The van der Waals surface area contributed by atoms with Crippen molar-refractivity contribution in [2.75, 3.05) is 6.54 Å². The third kappa shape index (κ3) is 4.13. The fourth-order valence-electron chi connectivity index (χ4n) is 3.64. The Morgan fingerprint density at radius 3 is 2.76 bits per heavy atom. The number of nitrogens with zero attached hydrogens (tertiary/aromatic N) is 3. The molecule has 1 amide bonds. The zero-order chi connectivity index (χ0) is 24.0. The average Bonchev–Trinajstić information content (AvgIpc) is 3.52. The Bertz CT molecular complexity index is 1530. The van der Waals surface area contributed by atoms with Crippen LogP contribution in [0.15, 0.2) is 48.0 Å². The fourth-order valence-corrected chi connectivity index (χ4v) is 4.75. The van der Waals surface area contributed by atoms with Crippen LogP contribution >= 0.6 is 34.5 Å². The van der Waals surface area contributed by atoms with Crippen molar-refractivity contribution >= 4 is 57.0 Å². The quantitative estimate of drug-likeness (QED) is 0.286. The Kier molecular flexibility index (Phi) is 5.75. The van der Waals surface area contributed by atoms with Gasteiger partial charge in [0, 0.05) is 28.7 Å². The summed E-state index contributed by atoms with van der Waals surface area (Å²) in [4.78, 5) is 20.7. The second-order valence-electron chi connectivity index (χ2n) is 7.41. The first-order chi connectivity index (χ1) is 16.2. The van der Waals surface area contributed by atoms with Crippen molar-refractivity contribution in [1.82, 2.24) is 24.9 Å². The fraction of sp³-hybridized carbons (Fsp3) is 0.136. The normalized spacial score (nSPS) is 12.0. The van der Waals surface area contributed by atoms with Gasteiger partial charge in [-0.2, -0.15) is 18.3 Å². The smallest absolute Gasteiger partial charge is 0.361 e. The van der Waals surface area contributed by atoms with Gasteiger partial charge in [0.2, 0.25) is 0 Å². The summed E-state index contributed by atoms with van der Waals surface area (Å²) in [6.07, 6.45) is -2.45. The highest BCUT2D eigenvalue weighted by molar-refractivity contribution is 7.13. The molecule has 174 valence electrons. The number of thiophene rings is 1. The first-order valence-corrected chi connectivity index (χ1v) is 11.6. The van der Waals surface area contributed by atoms with E-state index in [-0.39, 0.29) is 28.6 Å². The van der Waals surface area contributed by atoms with Crippen molar-refractivity contribution in [2.45, 2.75) is 12.6 Å². The molecule has 0 bridgehead atoms. The molecule has 0 spiro atoms. The molecule has 2 N–H and O–H groups in total. The number of alkyl halides is 3. The van der Waals surface area contributed by atoms with E-state index in [1.165, 1.54) is 11.3 Å². The van der Waals surface area contributed by atoms with Gasteiger partial charge < -0.3 is 10.3 Å². The van der Waals surface area contributed by atoms with Gasteiger partial charge in [-0.25, -0.2) is 9.50 Å². The number of hydrogen-bond donors (Lipinski definition) is 2. The van der Waals surface area contributed by atoms with Crippen LogP contribution in [0.1, 0.15) is 21.7 Å². The predicted molar refractivity (Wildman–Crippen MR) is 126 cm³/mol. The molecule has 0 radical (unpaired) electrons. The molecule has 0 aliphatic heterocycles. The van der Waals surface area contributed by atoms with Crippen LogP contribution in [0.3, 0.4) is 0 Å². The minimum atomic E-state index is -4.73. The van der Waals surface area contributed by atoms with E-state index in [0.717, 1.165) is 22.5 Å². The summed E-state index contributed by atoms with van der Waals surface area (Å²) in [6.45, 7) is 0.211. The maximum Gasteiger partial charge on any atom is 0.433 e. The molecule has 4 heterocycles. The highest BCUT2D eigenvalue weighted by Crippen LogP contribution is 2.35. The van der Waals surface area contributed by atoms with Crippen molar-refractivity contribution in [2.24, 2.45) is 0 Å². The van der Waals surface area contributed by atoms with Crippen LogP contribution in [-0.4, -0.2) is 32.0 Å². The summed E-state index contributed by atoms with van der Waals surface area (Å²) in [7, 11) is 0. The first kappa shape index (κ1) is 22.7. The zero-order valence-electron chi connectivity index (χ0n) is 17.1. The number of amides is 1. The van der Waals surface area contributed by atoms with Crippen molar-refractivity contribution in [1.29, 1.82) is 0 Å². The lowest BCUT2D eigenvalue weighted by atomic mass is 10.1. The minimum absolute atomic E-state index is 0.0987. The summed E-state index contributed by atoms with van der Waals surface area (Å²) < 4.78 is 41.8. The van der Waals surface area contributed by atoms with E-state index in [9.17, 15) is 18.0 Å². The number of carbonyl (C=O) groups excluding carboxylic acids is 1. The highest BCUT2D eigenvalue weighted by atomic mass is 35.5. The number of aromatic nitrogens is 4. The van der Waals surface area contributed by atoms with Crippen LogP contribution < -0.4 is 5.32 Å². The second-order valence-corrected chi connectivity index (χ2v) is 9.17. The van der Waals surface area contributed by atoms with E-state index >= 15 is 0 Å². The lowest BCUT2D eigenvalue weighted by Gasteiger charge is -2.10. The summed E-state index contributed by atoms with van der Waals surface area (Å²) >= 11 is 13.6. The summed E-state index contributed by atoms with van der Waals surface area (Å²) in [5.41, 5.74) is 0.294. The van der Waals surface area contributed by atoms with Gasteiger partial charge in [0.05, 0.1) is 10.6 Å². The van der Waals surface area contributed by atoms with E-state index in [4.69, 9.17) is 23.2 Å². The number of benzene rings is 1. The Morgan fingerprint density at radius 1 is 1.21 bits per heavy atom. The van der Waals surface area contributed by atoms with Crippen molar-refractivity contribution in [3.8, 4) is 10.6 Å². The van der Waals surface area contributed by atoms with Gasteiger partial charge in [-0.1, -0.05) is 29.3 Å². The number of hydrogen-bond acceptors (Lipinski definition) is 4. The van der Waals surface area contributed by atoms with E-state index in [1.807, 2.05) is 18.3 Å². The summed E-state index contributed by atoms with van der Waals surface area (Å²) in [5.74, 6) is -0.695. The summed E-state index contributed by atoms with van der Waals surface area (Å²) in [5, 5.41) is 9.50. The number of fused-ring (bicyclic) bond motifs is 2. The molecule has 5 aromatic rings. The van der Waals surface area contributed by atoms with Gasteiger partial charge in [-0.3, -0.25) is 4.79 Å². The molecule has 0 atom stereocenters. The standard InChI is InChI=1S/C22H14Cl2F3N5OS/c23-12-3-4-14-13(8-12)11(10-29-14)5-6-28-21(33)19-18(24)20-30-15(16-2-1-7-34-16)9-17(22(25,26)27)32(20)31-19/h1-4,7-10,29H,5-6H2,(H,28,33). The molecule has 0 saturated heterocycles. The van der Waals surface area contributed by atoms with Crippen molar-refractivity contribution < 1.29 is 18.0 Å². The minimum Gasteiger partial charge on any atom is -0.361 e. The zero-order valence-corrected chi connectivity index (χ0v) is 19.4. The number of H-pyrrole nitrogens is 1. The van der Waals surface area contributed by atoms with Crippen LogP contribution in [0.5, 0.6) is 0 Å². The Morgan fingerprint density at radius 2 is 2.03 bits per heavy atom. The number of halogens is 5. The second kappa shape index (κ2) is 8.61. The SMILES string of the molecule is O=C(NCCc1c[nH]c2ccc(Cl)cc12)c1nn2c(C(F)(F)F)cc(-c3cccs3)nc2c1Cl. The first-order valence-electron chi connectivity index (χ1n) is 9.96. The molecule has 4 aromatic heterocycles. The highest BCUT2D eigenvalue weighted by Gasteiger charge is 2.36. The van der Waals surface area contributed by atoms with Gasteiger partial charge in [-0.05, 0) is 47.7 Å². The molecule has 0 aliphatic carbocycles. The number of nitrogens with one attached hydrogen (secondary N) is 2. The Hall–Kier alpha value is -3.08. The maximum atomic E-state index is 13.8. The van der Waals surface area contributed by atoms with Gasteiger partial charge in [0.15, 0.2) is 17.0 Å². The molecule has 1 aromatic carbocycles. The predicted octanol–water partition coefficient (Wildman–Crippen LogP) is 6.24. The third-order valence-electron chi connectivity index (χ3n) is 5.22. The molecule has 0 unspecified atom stereocenters. The lowest BCUT2D eigenvalue weighted by Crippen LogP contribution is -2.26. The van der Waals surface area contributed by atoms with Gasteiger partial charge in [-0.15, -0.1) is 11.3 Å². The van der Waals surface area contributed by atoms with Gasteiger partial charge in [0.25, 0.3) is 5.91 Å².